The average Bonchev–Trinajstić information content (AvgIpc) is 2.93. The first-order chi connectivity index (χ1) is 19.8. The normalized spacial score (nSPS) is 12.0. The van der Waals surface area contributed by atoms with E-state index < -0.39 is 63.2 Å². The molecule has 3 aromatic rings. The number of aromatic hydroxyl groups is 1. The Morgan fingerprint density at radius 2 is 1.69 bits per heavy atom. The lowest BCUT2D eigenvalue weighted by Gasteiger charge is -2.16. The summed E-state index contributed by atoms with van der Waals surface area (Å²) in [4.78, 5) is 47.5. The van der Waals surface area contributed by atoms with Crippen LogP contribution < -0.4 is 10.0 Å². The first kappa shape index (κ1) is 32.5. The molecule has 42 heavy (non-hydrogen) atoms. The topological polar surface area (TPSA) is 187 Å². The van der Waals surface area contributed by atoms with Gasteiger partial charge in [-0.15, -0.1) is 11.8 Å². The number of rotatable bonds is 14. The fourth-order valence-corrected chi connectivity index (χ4v) is 5.93. The fraction of sp³-hybridized carbons (Fsp3) is 0.185. The number of carboxylic acids is 2. The number of hydrogen-bond donors (Lipinski definition) is 5. The third-order valence-electron chi connectivity index (χ3n) is 5.82. The standard InChI is InChI=1S/C27H24ClFN2O9S2/c28-20-2-1-3-21(29)19(20)13-41-14-24(33)22(11-25(34)35)31-26(36)16-6-4-15(5-7-16)12-30-42(39,40)17-8-9-23(32)18(10-17)27(37)38/h1-10,22,30,32H,11-14H2,(H,31,36)(H,34,35)(H,37,38). The van der Waals surface area contributed by atoms with Crippen molar-refractivity contribution in [2.75, 3.05) is 5.75 Å². The number of thioether (sulfide) groups is 1. The lowest BCUT2D eigenvalue weighted by atomic mass is 10.1. The Hall–Kier alpha value is -3.98. The SMILES string of the molecule is O=C(O)CC(NC(=O)c1ccc(CNS(=O)(=O)c2ccc(O)c(C(=O)O)c2)cc1)C(=O)CSCc1c(F)cccc1Cl. The van der Waals surface area contributed by atoms with Crippen molar-refractivity contribution in [3.8, 4) is 5.75 Å². The summed E-state index contributed by atoms with van der Waals surface area (Å²) in [5.74, 6) is -5.43. The van der Waals surface area contributed by atoms with Crippen molar-refractivity contribution in [1.29, 1.82) is 0 Å². The minimum atomic E-state index is -4.15. The molecular formula is C27H24ClFN2O9S2. The Morgan fingerprint density at radius 1 is 1.00 bits per heavy atom. The molecule has 0 aliphatic rings. The number of nitrogens with one attached hydrogen (secondary N) is 2. The molecule has 0 bridgehead atoms. The van der Waals surface area contributed by atoms with Crippen LogP contribution in [-0.4, -0.2) is 59.2 Å². The first-order valence-electron chi connectivity index (χ1n) is 12.0. The molecular weight excluding hydrogens is 615 g/mol. The zero-order chi connectivity index (χ0) is 31.0. The number of halogens is 2. The van der Waals surface area contributed by atoms with E-state index in [4.69, 9.17) is 16.7 Å². The van der Waals surface area contributed by atoms with E-state index in [9.17, 15) is 42.2 Å². The van der Waals surface area contributed by atoms with Gasteiger partial charge in [-0.1, -0.05) is 29.8 Å². The van der Waals surface area contributed by atoms with E-state index in [1.165, 1.54) is 42.5 Å². The quantitative estimate of drug-likeness (QED) is 0.175. The predicted molar refractivity (Wildman–Crippen MR) is 152 cm³/mol. The Morgan fingerprint density at radius 3 is 2.31 bits per heavy atom. The molecule has 11 nitrogen and oxygen atoms in total. The van der Waals surface area contributed by atoms with Gasteiger partial charge in [-0.2, -0.15) is 0 Å². The van der Waals surface area contributed by atoms with E-state index in [0.29, 0.717) is 5.56 Å². The maximum atomic E-state index is 14.0. The molecule has 0 fully saturated rings. The van der Waals surface area contributed by atoms with E-state index in [-0.39, 0.29) is 39.1 Å². The van der Waals surface area contributed by atoms with Crippen LogP contribution in [0, 0.1) is 5.82 Å². The van der Waals surface area contributed by atoms with E-state index >= 15 is 0 Å². The Kier molecular flexibility index (Phi) is 11.1. The zero-order valence-corrected chi connectivity index (χ0v) is 23.9. The van der Waals surface area contributed by atoms with Crippen LogP contribution in [0.4, 0.5) is 4.39 Å². The van der Waals surface area contributed by atoms with Gasteiger partial charge < -0.3 is 20.6 Å². The van der Waals surface area contributed by atoms with Crippen molar-refractivity contribution >= 4 is 57.0 Å². The van der Waals surface area contributed by atoms with Crippen molar-refractivity contribution in [3.63, 3.8) is 0 Å². The molecule has 0 heterocycles. The Balaban J connectivity index is 1.61. The number of carbonyl (C=O) groups excluding carboxylic acids is 2. The molecule has 0 aliphatic carbocycles. The lowest BCUT2D eigenvalue weighted by molar-refractivity contribution is -0.139. The van der Waals surface area contributed by atoms with Gasteiger partial charge >= 0.3 is 11.9 Å². The van der Waals surface area contributed by atoms with Gasteiger partial charge in [0, 0.05) is 28.4 Å². The van der Waals surface area contributed by atoms with Gasteiger partial charge in [-0.3, -0.25) is 14.4 Å². The summed E-state index contributed by atoms with van der Waals surface area (Å²) in [6.45, 7) is -0.225. The Labute approximate surface area is 248 Å². The zero-order valence-electron chi connectivity index (χ0n) is 21.5. The maximum absolute atomic E-state index is 14.0. The molecule has 3 aromatic carbocycles. The minimum absolute atomic E-state index is 0.0592. The average molecular weight is 639 g/mol. The predicted octanol–water partition coefficient (Wildman–Crippen LogP) is 3.44. The van der Waals surface area contributed by atoms with Crippen molar-refractivity contribution in [1.82, 2.24) is 10.0 Å². The van der Waals surface area contributed by atoms with Gasteiger partial charge in [-0.25, -0.2) is 22.3 Å². The number of ketones is 1. The largest absolute Gasteiger partial charge is 0.507 e. The number of aliphatic carboxylic acids is 1. The molecule has 1 unspecified atom stereocenters. The van der Waals surface area contributed by atoms with Gasteiger partial charge in [0.2, 0.25) is 10.0 Å². The summed E-state index contributed by atoms with van der Waals surface area (Å²) in [5.41, 5.74) is 0.112. The molecule has 222 valence electrons. The summed E-state index contributed by atoms with van der Waals surface area (Å²) in [7, 11) is -4.15. The van der Waals surface area contributed by atoms with Crippen LogP contribution in [0.5, 0.6) is 5.75 Å². The van der Waals surface area contributed by atoms with Crippen LogP contribution in [0.1, 0.15) is 38.3 Å². The Bertz CT molecular complexity index is 1600. The number of phenols is 1. The van der Waals surface area contributed by atoms with Crippen LogP contribution in [0.3, 0.4) is 0 Å². The van der Waals surface area contributed by atoms with Crippen LogP contribution in [0.15, 0.2) is 65.6 Å². The molecule has 0 aromatic heterocycles. The number of carboxylic acid groups (broad SMARTS) is 2. The number of amides is 1. The van der Waals surface area contributed by atoms with Crippen molar-refractivity contribution in [2.24, 2.45) is 0 Å². The number of sulfonamides is 1. The van der Waals surface area contributed by atoms with Crippen LogP contribution in [0.2, 0.25) is 5.02 Å². The number of hydrogen-bond acceptors (Lipinski definition) is 8. The highest BCUT2D eigenvalue weighted by molar-refractivity contribution is 7.99. The molecule has 5 N–H and O–H groups in total. The first-order valence-corrected chi connectivity index (χ1v) is 15.0. The molecule has 15 heteroatoms. The van der Waals surface area contributed by atoms with Crippen LogP contribution >= 0.6 is 23.4 Å². The van der Waals surface area contributed by atoms with Gasteiger partial charge in [0.05, 0.1) is 23.1 Å². The molecule has 1 amide bonds. The van der Waals surface area contributed by atoms with E-state index in [1.54, 1.807) is 0 Å². The van der Waals surface area contributed by atoms with Crippen LogP contribution in [0.25, 0.3) is 0 Å². The highest BCUT2D eigenvalue weighted by atomic mass is 35.5. The highest BCUT2D eigenvalue weighted by Crippen LogP contribution is 2.24. The maximum Gasteiger partial charge on any atom is 0.339 e. The van der Waals surface area contributed by atoms with Crippen molar-refractivity contribution in [2.45, 2.75) is 29.7 Å². The molecule has 3 rings (SSSR count). The summed E-state index contributed by atoms with van der Waals surface area (Å²) in [5, 5.41) is 30.5. The van der Waals surface area contributed by atoms with Crippen molar-refractivity contribution < 1.29 is 47.3 Å². The van der Waals surface area contributed by atoms with Gasteiger partial charge in [0.1, 0.15) is 17.1 Å². The summed E-state index contributed by atoms with van der Waals surface area (Å²) >= 11 is 7.00. The highest BCUT2D eigenvalue weighted by Gasteiger charge is 2.25. The summed E-state index contributed by atoms with van der Waals surface area (Å²) < 4.78 is 41.4. The smallest absolute Gasteiger partial charge is 0.339 e. The van der Waals surface area contributed by atoms with Gasteiger partial charge in [-0.05, 0) is 48.0 Å². The molecule has 1 atom stereocenters. The monoisotopic (exact) mass is 638 g/mol. The molecule has 0 spiro atoms. The summed E-state index contributed by atoms with van der Waals surface area (Å²) in [6, 6.07) is 11.2. The minimum Gasteiger partial charge on any atom is -0.507 e. The second-order valence-electron chi connectivity index (χ2n) is 8.79. The van der Waals surface area contributed by atoms with Crippen LogP contribution in [-0.2, 0) is 31.9 Å². The molecule has 0 saturated heterocycles. The third-order valence-corrected chi connectivity index (χ3v) is 8.55. The third kappa shape index (κ3) is 8.76. The lowest BCUT2D eigenvalue weighted by Crippen LogP contribution is -2.43. The number of Topliss-reactive ketones (excluding diaryl/α,β-unsaturated/α-hetero) is 1. The number of aromatic carboxylic acids is 1. The fourth-order valence-electron chi connectivity index (χ4n) is 3.58. The van der Waals surface area contributed by atoms with Gasteiger partial charge in [0.15, 0.2) is 5.78 Å². The number of benzene rings is 3. The number of carbonyl (C=O) groups is 4. The van der Waals surface area contributed by atoms with Gasteiger partial charge in [0.25, 0.3) is 5.91 Å². The molecule has 0 radical (unpaired) electrons. The molecule has 0 aliphatic heterocycles. The second kappa shape index (κ2) is 14.3. The van der Waals surface area contributed by atoms with Crippen molar-refractivity contribution in [3.05, 3.63) is 93.8 Å². The van der Waals surface area contributed by atoms with E-state index in [1.807, 2.05) is 0 Å². The molecule has 0 saturated carbocycles. The van der Waals surface area contributed by atoms with E-state index in [0.717, 1.165) is 30.0 Å². The second-order valence-corrected chi connectivity index (χ2v) is 11.9. The summed E-state index contributed by atoms with van der Waals surface area (Å²) in [6.07, 6.45) is -0.674. The van der Waals surface area contributed by atoms with E-state index in [2.05, 4.69) is 10.0 Å².